The lowest BCUT2D eigenvalue weighted by atomic mass is 10.0. The van der Waals surface area contributed by atoms with Gasteiger partial charge in [0.05, 0.1) is 25.3 Å². The fourth-order valence-electron chi connectivity index (χ4n) is 4.66. The van der Waals surface area contributed by atoms with Gasteiger partial charge in [-0.1, -0.05) is 56.3 Å². The zero-order valence-corrected chi connectivity index (χ0v) is 27.6. The Labute approximate surface area is 283 Å². The summed E-state index contributed by atoms with van der Waals surface area (Å²) in [6.07, 6.45) is -1.24. The van der Waals surface area contributed by atoms with Crippen LogP contribution in [0.5, 0.6) is 5.75 Å². The third-order valence-corrected chi connectivity index (χ3v) is 7.29. The number of phenolic OH excluding ortho intramolecular Hbond substituents is 1. The van der Waals surface area contributed by atoms with E-state index in [1.807, 2.05) is 0 Å². The van der Waals surface area contributed by atoms with Gasteiger partial charge in [0.2, 0.25) is 29.5 Å². The average molecular weight is 687 g/mol. The highest BCUT2D eigenvalue weighted by Gasteiger charge is 2.32. The first-order valence-corrected chi connectivity index (χ1v) is 15.7. The lowest BCUT2D eigenvalue weighted by Gasteiger charge is -2.26. The number of carbonyl (C=O) groups is 6. The van der Waals surface area contributed by atoms with E-state index in [1.165, 1.54) is 19.1 Å². The first-order chi connectivity index (χ1) is 23.1. The lowest BCUT2D eigenvalue weighted by molar-refractivity contribution is -0.145. The van der Waals surface area contributed by atoms with E-state index in [0.29, 0.717) is 11.1 Å². The third-order valence-electron chi connectivity index (χ3n) is 7.29. The van der Waals surface area contributed by atoms with E-state index in [0.717, 1.165) is 0 Å². The summed E-state index contributed by atoms with van der Waals surface area (Å²) >= 11 is 0. The van der Waals surface area contributed by atoms with Gasteiger partial charge in [-0.15, -0.1) is 0 Å². The molecule has 0 spiro atoms. The van der Waals surface area contributed by atoms with Crippen LogP contribution in [-0.2, 0) is 41.6 Å². The summed E-state index contributed by atoms with van der Waals surface area (Å²) in [7, 11) is 0. The van der Waals surface area contributed by atoms with Crippen molar-refractivity contribution in [1.29, 1.82) is 0 Å². The Balaban J connectivity index is 2.09. The molecule has 0 saturated carbocycles. The minimum Gasteiger partial charge on any atom is -0.508 e. The number of benzene rings is 2. The number of aliphatic carboxylic acids is 1. The Hall–Kier alpha value is -5.06. The fraction of sp³-hybridized carbons (Fsp3) is 0.455. The standard InChI is InChI=1S/C33H46N6O10/c1-18(2)13-24(32(47)39-28(19(3)41)33(48)49)37-31(46)25(15-20-7-5-4-6-8-20)36-27(43)16-35-30(45)26(17-40)38-29(44)23(34)14-21-9-11-22(42)12-10-21/h4-12,18-19,23-26,28,40-42H,13-17,34H2,1-3H3,(H,35,45)(H,36,43)(H,37,46)(H,38,44)(H,39,47)(H,48,49)/t19-,23-,24-,25-,26-,28-/m0/s1. The summed E-state index contributed by atoms with van der Waals surface area (Å²) in [5, 5.41) is 50.3. The van der Waals surface area contributed by atoms with Crippen LogP contribution in [0.1, 0.15) is 38.3 Å². The van der Waals surface area contributed by atoms with Crippen LogP contribution in [0.4, 0.5) is 0 Å². The predicted molar refractivity (Wildman–Crippen MR) is 177 cm³/mol. The van der Waals surface area contributed by atoms with E-state index < -0.39 is 85.0 Å². The summed E-state index contributed by atoms with van der Waals surface area (Å²) in [5.41, 5.74) is 7.24. The van der Waals surface area contributed by atoms with Gasteiger partial charge < -0.3 is 52.7 Å². The number of carbonyl (C=O) groups excluding carboxylic acids is 5. The van der Waals surface area contributed by atoms with Crippen LogP contribution in [0.3, 0.4) is 0 Å². The zero-order chi connectivity index (χ0) is 36.7. The first-order valence-electron chi connectivity index (χ1n) is 15.7. The molecule has 2 aromatic carbocycles. The predicted octanol–water partition coefficient (Wildman–Crippen LogP) is -1.94. The van der Waals surface area contributed by atoms with E-state index in [4.69, 9.17) is 5.73 Å². The van der Waals surface area contributed by atoms with Crippen molar-refractivity contribution in [2.45, 2.75) is 76.3 Å². The second-order valence-electron chi connectivity index (χ2n) is 12.0. The highest BCUT2D eigenvalue weighted by Crippen LogP contribution is 2.11. The number of aliphatic hydroxyl groups excluding tert-OH is 2. The van der Waals surface area contributed by atoms with Gasteiger partial charge in [0.15, 0.2) is 6.04 Å². The molecule has 0 aliphatic heterocycles. The first kappa shape index (κ1) is 40.1. The number of hydrogen-bond acceptors (Lipinski definition) is 10. The van der Waals surface area contributed by atoms with Crippen molar-refractivity contribution in [3.8, 4) is 5.75 Å². The number of amides is 5. The number of carboxylic acid groups (broad SMARTS) is 1. The molecule has 0 aliphatic carbocycles. The van der Waals surface area contributed by atoms with Gasteiger partial charge in [-0.05, 0) is 48.9 Å². The van der Waals surface area contributed by atoms with E-state index in [1.54, 1.807) is 56.3 Å². The third kappa shape index (κ3) is 13.9. The van der Waals surface area contributed by atoms with Crippen LogP contribution < -0.4 is 32.3 Å². The Morgan fingerprint density at radius 2 is 1.29 bits per heavy atom. The molecular weight excluding hydrogens is 640 g/mol. The van der Waals surface area contributed by atoms with Gasteiger partial charge >= 0.3 is 5.97 Å². The summed E-state index contributed by atoms with van der Waals surface area (Å²) < 4.78 is 0. The van der Waals surface area contributed by atoms with Crippen LogP contribution in [0, 0.1) is 5.92 Å². The lowest BCUT2D eigenvalue weighted by Crippen LogP contribution is -2.58. The van der Waals surface area contributed by atoms with Crippen molar-refractivity contribution in [2.24, 2.45) is 11.7 Å². The SMILES string of the molecule is CC(C)C[C@H](NC(=O)[C@H](Cc1ccccc1)NC(=O)CNC(=O)[C@H](CO)NC(=O)[C@@H](N)Cc1ccc(O)cc1)C(=O)N[C@H](C(=O)O)[C@H](C)O. The van der Waals surface area contributed by atoms with Gasteiger partial charge in [0.1, 0.15) is 23.9 Å². The van der Waals surface area contributed by atoms with E-state index >= 15 is 0 Å². The number of phenols is 1. The molecule has 0 saturated heterocycles. The van der Waals surface area contributed by atoms with Crippen molar-refractivity contribution in [3.63, 3.8) is 0 Å². The molecular formula is C33H46N6O10. The number of nitrogens with two attached hydrogens (primary N) is 1. The topological polar surface area (TPSA) is 270 Å². The maximum atomic E-state index is 13.5. The quantitative estimate of drug-likeness (QED) is 0.0777. The van der Waals surface area contributed by atoms with E-state index in [9.17, 15) is 49.2 Å². The molecule has 16 heteroatoms. The van der Waals surface area contributed by atoms with Crippen LogP contribution in [0.25, 0.3) is 0 Å². The number of carboxylic acids is 1. The van der Waals surface area contributed by atoms with Gasteiger partial charge in [-0.3, -0.25) is 24.0 Å². The molecule has 0 aromatic heterocycles. The van der Waals surface area contributed by atoms with Crippen LogP contribution in [-0.4, -0.2) is 105 Å². The molecule has 2 rings (SSSR count). The van der Waals surface area contributed by atoms with E-state index in [-0.39, 0.29) is 30.9 Å². The van der Waals surface area contributed by atoms with Crippen molar-refractivity contribution in [1.82, 2.24) is 26.6 Å². The van der Waals surface area contributed by atoms with Crippen molar-refractivity contribution in [3.05, 3.63) is 65.7 Å². The van der Waals surface area contributed by atoms with Gasteiger partial charge in [-0.2, -0.15) is 0 Å². The summed E-state index contributed by atoms with van der Waals surface area (Å²) in [6, 6.07) is 8.05. The zero-order valence-electron chi connectivity index (χ0n) is 27.6. The maximum absolute atomic E-state index is 13.5. The highest BCUT2D eigenvalue weighted by atomic mass is 16.4. The summed E-state index contributed by atoms with van der Waals surface area (Å²) in [5.74, 6) is -5.59. The Kier molecular flexibility index (Phi) is 16.1. The van der Waals surface area contributed by atoms with Gasteiger partial charge in [0, 0.05) is 6.42 Å². The molecule has 0 aliphatic rings. The molecule has 6 atom stereocenters. The monoisotopic (exact) mass is 686 g/mol. The molecule has 0 radical (unpaired) electrons. The molecule has 2 aromatic rings. The summed E-state index contributed by atoms with van der Waals surface area (Å²) in [6.45, 7) is 3.32. The molecule has 0 fully saturated rings. The molecule has 16 nitrogen and oxygen atoms in total. The second kappa shape index (κ2) is 19.7. The Morgan fingerprint density at radius 1 is 0.714 bits per heavy atom. The second-order valence-corrected chi connectivity index (χ2v) is 12.0. The van der Waals surface area contributed by atoms with Crippen LogP contribution in [0.15, 0.2) is 54.6 Å². The summed E-state index contributed by atoms with van der Waals surface area (Å²) in [4.78, 5) is 76.3. The number of aromatic hydroxyl groups is 1. The minimum atomic E-state index is -1.62. The van der Waals surface area contributed by atoms with E-state index in [2.05, 4.69) is 26.6 Å². The number of nitrogens with one attached hydrogen (secondary N) is 5. The normalized spacial score (nSPS) is 14.7. The Morgan fingerprint density at radius 3 is 1.84 bits per heavy atom. The van der Waals surface area contributed by atoms with Gasteiger partial charge in [0.25, 0.3) is 0 Å². The minimum absolute atomic E-state index is 0.0119. The van der Waals surface area contributed by atoms with Gasteiger partial charge in [-0.25, -0.2) is 4.79 Å². The van der Waals surface area contributed by atoms with Crippen molar-refractivity contribution >= 4 is 35.5 Å². The van der Waals surface area contributed by atoms with Crippen LogP contribution in [0.2, 0.25) is 0 Å². The molecule has 11 N–H and O–H groups in total. The molecule has 49 heavy (non-hydrogen) atoms. The highest BCUT2D eigenvalue weighted by molar-refractivity contribution is 5.95. The molecule has 0 unspecified atom stereocenters. The largest absolute Gasteiger partial charge is 0.508 e. The smallest absolute Gasteiger partial charge is 0.328 e. The van der Waals surface area contributed by atoms with Crippen molar-refractivity contribution in [2.75, 3.05) is 13.2 Å². The Bertz CT molecular complexity index is 1420. The average Bonchev–Trinajstić information content (AvgIpc) is 3.04. The molecule has 5 amide bonds. The molecule has 0 bridgehead atoms. The number of rotatable bonds is 19. The molecule has 0 heterocycles. The number of aliphatic hydroxyl groups is 2. The van der Waals surface area contributed by atoms with Crippen molar-refractivity contribution < 1.29 is 49.2 Å². The maximum Gasteiger partial charge on any atom is 0.328 e. The fourth-order valence-corrected chi connectivity index (χ4v) is 4.66. The number of hydrogen-bond donors (Lipinski definition) is 10. The molecule has 268 valence electrons. The van der Waals surface area contributed by atoms with Crippen LogP contribution >= 0.6 is 0 Å².